The van der Waals surface area contributed by atoms with Gasteiger partial charge in [0.2, 0.25) is 0 Å². The molecule has 2 N–H and O–H groups in total. The molecule has 1 heterocycles. The smallest absolute Gasteiger partial charge is 0.407 e. The predicted octanol–water partition coefficient (Wildman–Crippen LogP) is 2.48. The predicted molar refractivity (Wildman–Crippen MR) is 77.4 cm³/mol. The minimum Gasteiger partial charge on any atom is -0.448 e. The summed E-state index contributed by atoms with van der Waals surface area (Å²) in [5.74, 6) is 0.442. The first-order valence-corrected chi connectivity index (χ1v) is 6.49. The van der Waals surface area contributed by atoms with Crippen molar-refractivity contribution in [2.75, 3.05) is 18.5 Å². The number of rotatable bonds is 5. The molecule has 0 aromatic carbocycles. The Hall–Kier alpha value is -1.82. The zero-order valence-electron chi connectivity index (χ0n) is 11.7. The molecule has 20 heavy (non-hydrogen) atoms. The van der Waals surface area contributed by atoms with Crippen LogP contribution in [0.3, 0.4) is 0 Å². The second-order valence-electron chi connectivity index (χ2n) is 5.15. The zero-order chi connectivity index (χ0) is 15.2. The van der Waals surface area contributed by atoms with Gasteiger partial charge in [-0.15, -0.1) is 0 Å². The maximum Gasteiger partial charge on any atom is 0.407 e. The third kappa shape index (κ3) is 5.88. The fourth-order valence-corrected chi connectivity index (χ4v) is 1.54. The minimum atomic E-state index is -0.477. The van der Waals surface area contributed by atoms with Gasteiger partial charge < -0.3 is 15.4 Å². The molecule has 0 fully saturated rings. The van der Waals surface area contributed by atoms with Crippen LogP contribution in [0.4, 0.5) is 10.6 Å². The number of hydrogen-bond donors (Lipinski definition) is 2. The van der Waals surface area contributed by atoms with Crippen molar-refractivity contribution in [1.29, 1.82) is 0 Å². The lowest BCUT2D eigenvalue weighted by molar-refractivity contribution is 0.112. The van der Waals surface area contributed by atoms with Gasteiger partial charge in [-0.2, -0.15) is 0 Å². The number of nitrogens with zero attached hydrogens (tertiary/aromatic N) is 1. The summed E-state index contributed by atoms with van der Waals surface area (Å²) in [6.45, 7) is 6.14. The van der Waals surface area contributed by atoms with E-state index in [9.17, 15) is 9.59 Å². The summed E-state index contributed by atoms with van der Waals surface area (Å²) in [6, 6.07) is 1.51. The van der Waals surface area contributed by atoms with Gasteiger partial charge in [-0.05, 0) is 26.8 Å². The van der Waals surface area contributed by atoms with E-state index in [0.29, 0.717) is 29.2 Å². The number of aromatic nitrogens is 1. The van der Waals surface area contributed by atoms with E-state index < -0.39 is 6.09 Å². The number of anilines is 1. The highest BCUT2D eigenvalue weighted by Gasteiger charge is 2.14. The van der Waals surface area contributed by atoms with Crippen LogP contribution in [-0.4, -0.2) is 36.1 Å². The number of halogens is 1. The molecular weight excluding hydrogens is 282 g/mol. The summed E-state index contributed by atoms with van der Waals surface area (Å²) >= 11 is 5.93. The largest absolute Gasteiger partial charge is 0.448 e. The lowest BCUT2D eigenvalue weighted by atomic mass is 10.1. The van der Waals surface area contributed by atoms with Gasteiger partial charge in [-0.1, -0.05) is 11.6 Å². The van der Waals surface area contributed by atoms with E-state index in [1.807, 2.05) is 20.8 Å². The van der Waals surface area contributed by atoms with Gasteiger partial charge in [0.25, 0.3) is 0 Å². The Labute approximate surface area is 122 Å². The molecule has 0 spiro atoms. The Morgan fingerprint density at radius 3 is 2.75 bits per heavy atom. The molecule has 7 heteroatoms. The average Bonchev–Trinajstić information content (AvgIpc) is 2.33. The van der Waals surface area contributed by atoms with Crippen molar-refractivity contribution in [3.05, 3.63) is 22.8 Å². The van der Waals surface area contributed by atoms with E-state index in [0.717, 1.165) is 0 Å². The molecule has 0 aliphatic heterocycles. The van der Waals surface area contributed by atoms with Crippen LogP contribution in [0.25, 0.3) is 0 Å². The molecule has 0 unspecified atom stereocenters. The monoisotopic (exact) mass is 299 g/mol. The Morgan fingerprint density at radius 1 is 1.50 bits per heavy atom. The van der Waals surface area contributed by atoms with Crippen molar-refractivity contribution in [3.63, 3.8) is 0 Å². The molecular formula is C13H18ClN3O3. The van der Waals surface area contributed by atoms with E-state index in [2.05, 4.69) is 15.6 Å². The number of hydrogen-bond acceptors (Lipinski definition) is 5. The summed E-state index contributed by atoms with van der Waals surface area (Å²) in [6.07, 6.45) is 1.60. The van der Waals surface area contributed by atoms with Crippen LogP contribution in [0, 0.1) is 0 Å². The van der Waals surface area contributed by atoms with Crippen LogP contribution in [-0.2, 0) is 4.74 Å². The van der Waals surface area contributed by atoms with Gasteiger partial charge in [-0.25, -0.2) is 9.78 Å². The molecule has 110 valence electrons. The van der Waals surface area contributed by atoms with Gasteiger partial charge in [0.05, 0.1) is 11.6 Å². The maximum atomic E-state index is 11.4. The van der Waals surface area contributed by atoms with Gasteiger partial charge >= 0.3 is 6.09 Å². The SMILES string of the molecule is CC(C)(C)NC(=O)OCCNc1ncc(C=O)cc1Cl. The number of carbonyl (C=O) groups is 2. The first-order chi connectivity index (χ1) is 9.31. The number of pyridine rings is 1. The van der Waals surface area contributed by atoms with E-state index in [-0.39, 0.29) is 12.1 Å². The second kappa shape index (κ2) is 7.09. The molecule has 0 saturated heterocycles. The first-order valence-electron chi connectivity index (χ1n) is 6.11. The first kappa shape index (κ1) is 16.2. The van der Waals surface area contributed by atoms with E-state index >= 15 is 0 Å². The number of alkyl carbamates (subject to hydrolysis) is 1. The summed E-state index contributed by atoms with van der Waals surface area (Å²) in [7, 11) is 0. The van der Waals surface area contributed by atoms with Gasteiger partial charge in [-0.3, -0.25) is 4.79 Å². The molecule has 1 aromatic rings. The standard InChI is InChI=1S/C13H18ClN3O3/c1-13(2,3)17-12(19)20-5-4-15-11-10(14)6-9(8-18)7-16-11/h6-8H,4-5H2,1-3H3,(H,15,16)(H,17,19). The Kier molecular flexibility index (Phi) is 5.76. The van der Waals surface area contributed by atoms with Crippen molar-refractivity contribution in [2.45, 2.75) is 26.3 Å². The van der Waals surface area contributed by atoms with Gasteiger partial charge in [0.1, 0.15) is 12.4 Å². The Bertz CT molecular complexity index is 486. The molecule has 0 saturated carbocycles. The van der Waals surface area contributed by atoms with E-state index in [1.54, 1.807) is 0 Å². The summed E-state index contributed by atoms with van der Waals surface area (Å²) in [4.78, 5) is 25.9. The van der Waals surface area contributed by atoms with Crippen LogP contribution in [0.1, 0.15) is 31.1 Å². The van der Waals surface area contributed by atoms with Crippen molar-refractivity contribution >= 4 is 29.8 Å². The van der Waals surface area contributed by atoms with Gasteiger partial charge in [0, 0.05) is 17.3 Å². The van der Waals surface area contributed by atoms with Crippen molar-refractivity contribution < 1.29 is 14.3 Å². The van der Waals surface area contributed by atoms with E-state index in [4.69, 9.17) is 16.3 Å². The number of ether oxygens (including phenoxy) is 1. The van der Waals surface area contributed by atoms with Crippen LogP contribution < -0.4 is 10.6 Å². The highest BCUT2D eigenvalue weighted by Crippen LogP contribution is 2.18. The molecule has 0 bridgehead atoms. The second-order valence-corrected chi connectivity index (χ2v) is 5.56. The van der Waals surface area contributed by atoms with Crippen LogP contribution in [0.15, 0.2) is 12.3 Å². The fraction of sp³-hybridized carbons (Fsp3) is 0.462. The van der Waals surface area contributed by atoms with Crippen molar-refractivity contribution in [1.82, 2.24) is 10.3 Å². The van der Waals surface area contributed by atoms with Crippen molar-refractivity contribution in [3.8, 4) is 0 Å². The van der Waals surface area contributed by atoms with Gasteiger partial charge in [0.15, 0.2) is 6.29 Å². The summed E-state index contributed by atoms with van der Waals surface area (Å²) < 4.78 is 4.98. The highest BCUT2D eigenvalue weighted by atomic mass is 35.5. The maximum absolute atomic E-state index is 11.4. The minimum absolute atomic E-state index is 0.176. The third-order valence-corrected chi connectivity index (χ3v) is 2.39. The zero-order valence-corrected chi connectivity index (χ0v) is 12.5. The van der Waals surface area contributed by atoms with Crippen LogP contribution >= 0.6 is 11.6 Å². The number of nitrogens with one attached hydrogen (secondary N) is 2. The van der Waals surface area contributed by atoms with Crippen LogP contribution in [0.2, 0.25) is 5.02 Å². The molecule has 0 aliphatic carbocycles. The highest BCUT2D eigenvalue weighted by molar-refractivity contribution is 6.33. The topological polar surface area (TPSA) is 80.3 Å². The van der Waals surface area contributed by atoms with Crippen molar-refractivity contribution in [2.24, 2.45) is 0 Å². The normalized spacial score (nSPS) is 10.8. The molecule has 6 nitrogen and oxygen atoms in total. The molecule has 1 rings (SSSR count). The third-order valence-electron chi connectivity index (χ3n) is 2.10. The molecule has 1 aromatic heterocycles. The fourth-order valence-electron chi connectivity index (χ4n) is 1.30. The summed E-state index contributed by atoms with van der Waals surface area (Å²) in [5.41, 5.74) is 0.0707. The van der Waals surface area contributed by atoms with E-state index in [1.165, 1.54) is 12.3 Å². The quantitative estimate of drug-likeness (QED) is 0.645. The number of amides is 1. The summed E-state index contributed by atoms with van der Waals surface area (Å²) in [5, 5.41) is 5.93. The average molecular weight is 300 g/mol. The Morgan fingerprint density at radius 2 is 2.20 bits per heavy atom. The number of aldehydes is 1. The lowest BCUT2D eigenvalue weighted by Crippen LogP contribution is -2.41. The number of carbonyl (C=O) groups excluding carboxylic acids is 2. The lowest BCUT2D eigenvalue weighted by Gasteiger charge is -2.20. The molecule has 1 amide bonds. The molecule has 0 atom stereocenters. The van der Waals surface area contributed by atoms with Crippen LogP contribution in [0.5, 0.6) is 0 Å². The Balaban J connectivity index is 2.34. The molecule has 0 radical (unpaired) electrons. The molecule has 0 aliphatic rings.